The Morgan fingerprint density at radius 2 is 1.81 bits per heavy atom. The Balaban J connectivity index is 1.31. The molecule has 1 N–H and O–H groups in total. The third kappa shape index (κ3) is 5.79. The van der Waals surface area contributed by atoms with E-state index in [0.717, 1.165) is 57.5 Å². The van der Waals surface area contributed by atoms with Crippen LogP contribution in [-0.2, 0) is 13.0 Å². The maximum Gasteiger partial charge on any atom is 0.148 e. The molecule has 0 bridgehead atoms. The predicted octanol–water partition coefficient (Wildman–Crippen LogP) is 3.51. The smallest absolute Gasteiger partial charge is 0.148 e. The van der Waals surface area contributed by atoms with Gasteiger partial charge in [0, 0.05) is 50.6 Å². The Morgan fingerprint density at radius 3 is 2.61 bits per heavy atom. The van der Waals surface area contributed by atoms with Crippen LogP contribution in [-0.4, -0.2) is 63.5 Å². The van der Waals surface area contributed by atoms with Crippen LogP contribution in [0, 0.1) is 5.82 Å². The topological polar surface area (TPSA) is 44.5 Å². The standard InChI is InChI=1S/C25H31FN4O/c26-24-10-4-5-11-25(24)30-19-22(17-27-30)18-28-14-15-29(23(20-28)12-16-31)13-6-9-21-7-2-1-3-8-21/h1-5,7-8,10-11,17,19,23,31H,6,9,12-16,18,20H2/t23-/m1/s1. The molecule has 1 atom stereocenters. The van der Waals surface area contributed by atoms with Crippen molar-refractivity contribution in [2.45, 2.75) is 31.8 Å². The monoisotopic (exact) mass is 422 g/mol. The van der Waals surface area contributed by atoms with E-state index in [1.807, 2.05) is 18.5 Å². The van der Waals surface area contributed by atoms with Crippen LogP contribution in [0.4, 0.5) is 4.39 Å². The van der Waals surface area contributed by atoms with Crippen molar-refractivity contribution in [2.75, 3.05) is 32.8 Å². The highest BCUT2D eigenvalue weighted by Gasteiger charge is 2.26. The summed E-state index contributed by atoms with van der Waals surface area (Å²) in [5, 5.41) is 13.9. The lowest BCUT2D eigenvalue weighted by atomic mass is 10.1. The molecular weight excluding hydrogens is 391 g/mol. The second kappa shape index (κ2) is 10.7. The van der Waals surface area contributed by atoms with E-state index < -0.39 is 0 Å². The van der Waals surface area contributed by atoms with E-state index in [9.17, 15) is 9.50 Å². The van der Waals surface area contributed by atoms with Crippen molar-refractivity contribution in [1.29, 1.82) is 0 Å². The molecule has 5 nitrogen and oxygen atoms in total. The Bertz CT molecular complexity index is 945. The Morgan fingerprint density at radius 1 is 1.00 bits per heavy atom. The molecule has 0 saturated carbocycles. The molecule has 0 aliphatic carbocycles. The molecule has 2 aromatic carbocycles. The van der Waals surface area contributed by atoms with Crippen LogP contribution in [0.3, 0.4) is 0 Å². The molecule has 2 heterocycles. The molecule has 1 aliphatic rings. The zero-order chi connectivity index (χ0) is 21.5. The minimum absolute atomic E-state index is 0.207. The van der Waals surface area contributed by atoms with Crippen molar-refractivity contribution in [1.82, 2.24) is 19.6 Å². The van der Waals surface area contributed by atoms with Gasteiger partial charge in [-0.1, -0.05) is 42.5 Å². The summed E-state index contributed by atoms with van der Waals surface area (Å²) in [5.74, 6) is -0.274. The van der Waals surface area contributed by atoms with Gasteiger partial charge in [0.1, 0.15) is 11.5 Å². The number of aryl methyl sites for hydroxylation is 1. The Labute approximate surface area is 183 Å². The van der Waals surface area contributed by atoms with E-state index in [-0.39, 0.29) is 12.4 Å². The number of para-hydroxylation sites is 1. The number of rotatable bonds is 9. The van der Waals surface area contributed by atoms with Crippen molar-refractivity contribution >= 4 is 0 Å². The van der Waals surface area contributed by atoms with Crippen LogP contribution in [0.25, 0.3) is 5.69 Å². The summed E-state index contributed by atoms with van der Waals surface area (Å²) in [6.45, 7) is 4.96. The molecule has 4 rings (SSSR count). The van der Waals surface area contributed by atoms with Gasteiger partial charge in [-0.25, -0.2) is 9.07 Å². The lowest BCUT2D eigenvalue weighted by molar-refractivity contribution is 0.0547. The van der Waals surface area contributed by atoms with Crippen LogP contribution in [0.1, 0.15) is 24.0 Å². The van der Waals surface area contributed by atoms with Gasteiger partial charge in [0.25, 0.3) is 0 Å². The summed E-state index contributed by atoms with van der Waals surface area (Å²) in [7, 11) is 0. The van der Waals surface area contributed by atoms with Gasteiger partial charge in [-0.05, 0) is 43.5 Å². The number of hydrogen-bond acceptors (Lipinski definition) is 4. The van der Waals surface area contributed by atoms with Gasteiger partial charge in [-0.3, -0.25) is 9.80 Å². The molecule has 1 fully saturated rings. The number of benzene rings is 2. The number of nitrogens with zero attached hydrogens (tertiary/aromatic N) is 4. The van der Waals surface area contributed by atoms with E-state index in [4.69, 9.17) is 0 Å². The van der Waals surface area contributed by atoms with Gasteiger partial charge in [0.05, 0.1) is 6.20 Å². The van der Waals surface area contributed by atoms with E-state index in [1.54, 1.807) is 16.8 Å². The molecule has 164 valence electrons. The zero-order valence-electron chi connectivity index (χ0n) is 17.9. The zero-order valence-corrected chi connectivity index (χ0v) is 17.9. The highest BCUT2D eigenvalue weighted by atomic mass is 19.1. The van der Waals surface area contributed by atoms with Crippen LogP contribution >= 0.6 is 0 Å². The van der Waals surface area contributed by atoms with Crippen molar-refractivity contribution in [3.8, 4) is 5.69 Å². The van der Waals surface area contributed by atoms with Gasteiger partial charge in [-0.15, -0.1) is 0 Å². The lowest BCUT2D eigenvalue weighted by Crippen LogP contribution is -2.53. The Hall–Kier alpha value is -2.54. The first-order valence-electron chi connectivity index (χ1n) is 11.1. The molecule has 1 saturated heterocycles. The van der Waals surface area contributed by atoms with Crippen LogP contribution < -0.4 is 0 Å². The Kier molecular flexibility index (Phi) is 7.46. The summed E-state index contributed by atoms with van der Waals surface area (Å²) in [6, 6.07) is 17.7. The summed E-state index contributed by atoms with van der Waals surface area (Å²) >= 11 is 0. The fraction of sp³-hybridized carbons (Fsp3) is 0.400. The number of halogens is 1. The van der Waals surface area contributed by atoms with E-state index in [0.29, 0.717) is 11.7 Å². The number of hydrogen-bond donors (Lipinski definition) is 1. The average Bonchev–Trinajstić information content (AvgIpc) is 3.25. The summed E-state index contributed by atoms with van der Waals surface area (Å²) in [5.41, 5.74) is 2.92. The quantitative estimate of drug-likeness (QED) is 0.573. The fourth-order valence-electron chi connectivity index (χ4n) is 4.42. The molecule has 3 aromatic rings. The number of aromatic nitrogens is 2. The third-order valence-corrected chi connectivity index (χ3v) is 6.05. The highest BCUT2D eigenvalue weighted by Crippen LogP contribution is 2.18. The van der Waals surface area contributed by atoms with E-state index in [2.05, 4.69) is 45.2 Å². The van der Waals surface area contributed by atoms with Crippen molar-refractivity contribution in [2.24, 2.45) is 0 Å². The average molecular weight is 423 g/mol. The molecule has 6 heteroatoms. The summed E-state index contributed by atoms with van der Waals surface area (Å²) < 4.78 is 15.6. The summed E-state index contributed by atoms with van der Waals surface area (Å²) in [6.07, 6.45) is 6.73. The molecule has 0 amide bonds. The normalized spacial score (nSPS) is 17.8. The molecule has 0 radical (unpaired) electrons. The molecular formula is C25H31FN4O. The predicted molar refractivity (Wildman–Crippen MR) is 121 cm³/mol. The van der Waals surface area contributed by atoms with Crippen LogP contribution in [0.15, 0.2) is 67.0 Å². The molecule has 1 aromatic heterocycles. The second-order valence-electron chi connectivity index (χ2n) is 8.27. The molecule has 31 heavy (non-hydrogen) atoms. The molecule has 0 spiro atoms. The van der Waals surface area contributed by atoms with Crippen molar-refractivity contribution < 1.29 is 9.50 Å². The van der Waals surface area contributed by atoms with Gasteiger partial charge in [0.2, 0.25) is 0 Å². The van der Waals surface area contributed by atoms with Crippen molar-refractivity contribution in [3.63, 3.8) is 0 Å². The van der Waals surface area contributed by atoms with Crippen LogP contribution in [0.2, 0.25) is 0 Å². The van der Waals surface area contributed by atoms with Gasteiger partial charge < -0.3 is 5.11 Å². The van der Waals surface area contributed by atoms with Crippen molar-refractivity contribution in [3.05, 3.63) is 83.9 Å². The fourth-order valence-corrected chi connectivity index (χ4v) is 4.42. The number of piperazine rings is 1. The van der Waals surface area contributed by atoms with Gasteiger partial charge >= 0.3 is 0 Å². The minimum Gasteiger partial charge on any atom is -0.396 e. The SMILES string of the molecule is OCC[C@@H]1CN(Cc2cnn(-c3ccccc3F)c2)CCN1CCCc1ccccc1. The summed E-state index contributed by atoms with van der Waals surface area (Å²) in [4.78, 5) is 4.94. The van der Waals surface area contributed by atoms with E-state index in [1.165, 1.54) is 11.6 Å². The third-order valence-electron chi connectivity index (χ3n) is 6.05. The minimum atomic E-state index is -0.274. The largest absolute Gasteiger partial charge is 0.396 e. The van der Waals surface area contributed by atoms with Gasteiger partial charge in [0.15, 0.2) is 0 Å². The molecule has 0 unspecified atom stereocenters. The highest BCUT2D eigenvalue weighted by molar-refractivity contribution is 5.33. The first kappa shape index (κ1) is 21.7. The first-order chi connectivity index (χ1) is 15.2. The van der Waals surface area contributed by atoms with E-state index >= 15 is 0 Å². The maximum absolute atomic E-state index is 14.0. The number of aliphatic hydroxyl groups is 1. The molecule has 1 aliphatic heterocycles. The maximum atomic E-state index is 14.0. The van der Waals surface area contributed by atoms with Crippen LogP contribution in [0.5, 0.6) is 0 Å². The first-order valence-corrected chi connectivity index (χ1v) is 11.1. The lowest BCUT2D eigenvalue weighted by Gasteiger charge is -2.41. The second-order valence-corrected chi connectivity index (χ2v) is 8.27. The number of aliphatic hydroxyl groups excluding tert-OH is 1. The van der Waals surface area contributed by atoms with Gasteiger partial charge in [-0.2, -0.15) is 5.10 Å².